The first-order valence-electron chi connectivity index (χ1n) is 7.11. The van der Waals surface area contributed by atoms with Crippen LogP contribution in [0.15, 0.2) is 65.6 Å². The molecule has 1 heterocycles. The Morgan fingerprint density at radius 1 is 0.909 bits per heavy atom. The average Bonchev–Trinajstić information content (AvgIpc) is 2.49. The molecule has 3 rings (SSSR count). The molecule has 2 nitrogen and oxygen atoms in total. The highest BCUT2D eigenvalue weighted by atomic mass is 35.5. The van der Waals surface area contributed by atoms with Gasteiger partial charge in [0, 0.05) is 22.8 Å². The van der Waals surface area contributed by atoms with Crippen LogP contribution in [0.1, 0.15) is 11.1 Å². The highest BCUT2D eigenvalue weighted by Gasteiger charge is 2.09. The van der Waals surface area contributed by atoms with Gasteiger partial charge >= 0.3 is 0 Å². The molecule has 110 valence electrons. The van der Waals surface area contributed by atoms with Gasteiger partial charge in [-0.05, 0) is 48.7 Å². The predicted molar refractivity (Wildman–Crippen MR) is 92.0 cm³/mol. The first kappa shape index (κ1) is 14.6. The lowest BCUT2D eigenvalue weighted by Crippen LogP contribution is -2.18. The molecule has 0 spiro atoms. The molecule has 0 aliphatic heterocycles. The summed E-state index contributed by atoms with van der Waals surface area (Å²) >= 11 is 6.01. The molecule has 0 saturated heterocycles. The molecule has 3 aromatic rings. The van der Waals surface area contributed by atoms with Crippen molar-refractivity contribution in [1.29, 1.82) is 0 Å². The number of benzene rings is 2. The summed E-state index contributed by atoms with van der Waals surface area (Å²) in [6.07, 6.45) is 1.91. The number of nitrogens with zero attached hydrogens (tertiary/aromatic N) is 1. The minimum absolute atomic E-state index is 0.0393. The fraction of sp³-hybridized carbons (Fsp3) is 0.105. The van der Waals surface area contributed by atoms with Crippen LogP contribution in [0.5, 0.6) is 0 Å². The molecule has 0 bridgehead atoms. The molecule has 3 heteroatoms. The second kappa shape index (κ2) is 5.82. The monoisotopic (exact) mass is 309 g/mol. The van der Waals surface area contributed by atoms with Crippen molar-refractivity contribution >= 4 is 11.6 Å². The van der Waals surface area contributed by atoms with Crippen LogP contribution in [0.4, 0.5) is 0 Å². The third-order valence-electron chi connectivity index (χ3n) is 3.76. The second-order valence-electron chi connectivity index (χ2n) is 5.38. The van der Waals surface area contributed by atoms with Gasteiger partial charge in [0.15, 0.2) is 0 Å². The van der Waals surface area contributed by atoms with Crippen molar-refractivity contribution in [2.75, 3.05) is 0 Å². The van der Waals surface area contributed by atoms with Crippen LogP contribution in [-0.4, -0.2) is 4.57 Å². The fourth-order valence-corrected chi connectivity index (χ4v) is 2.85. The largest absolute Gasteiger partial charge is 0.283 e. The number of rotatable bonds is 2. The molecule has 0 radical (unpaired) electrons. The molecule has 2 aromatic carbocycles. The number of hydrogen-bond acceptors (Lipinski definition) is 1. The third kappa shape index (κ3) is 2.70. The summed E-state index contributed by atoms with van der Waals surface area (Å²) in [6.45, 7) is 3.92. The zero-order valence-corrected chi connectivity index (χ0v) is 13.3. The Morgan fingerprint density at radius 3 is 2.32 bits per heavy atom. The van der Waals surface area contributed by atoms with E-state index in [-0.39, 0.29) is 5.56 Å². The number of aryl methyl sites for hydroxylation is 2. The lowest BCUT2D eigenvalue weighted by molar-refractivity contribution is 0.973. The van der Waals surface area contributed by atoms with Crippen molar-refractivity contribution in [3.63, 3.8) is 0 Å². The van der Waals surface area contributed by atoms with Gasteiger partial charge in [0.1, 0.15) is 0 Å². The molecule has 0 fully saturated rings. The number of aromatic nitrogens is 1. The van der Waals surface area contributed by atoms with Gasteiger partial charge in [0.2, 0.25) is 0 Å². The van der Waals surface area contributed by atoms with Crippen molar-refractivity contribution in [2.24, 2.45) is 0 Å². The van der Waals surface area contributed by atoms with E-state index in [1.54, 1.807) is 16.7 Å². The van der Waals surface area contributed by atoms with E-state index in [1.807, 2.05) is 62.5 Å². The van der Waals surface area contributed by atoms with Gasteiger partial charge in [0.25, 0.3) is 5.56 Å². The van der Waals surface area contributed by atoms with E-state index >= 15 is 0 Å². The quantitative estimate of drug-likeness (QED) is 0.668. The van der Waals surface area contributed by atoms with E-state index in [1.165, 1.54) is 0 Å². The van der Waals surface area contributed by atoms with Crippen molar-refractivity contribution in [3.8, 4) is 16.8 Å². The van der Waals surface area contributed by atoms with E-state index in [2.05, 4.69) is 0 Å². The molecular formula is C19H16ClNO. The first-order chi connectivity index (χ1) is 10.6. The van der Waals surface area contributed by atoms with Crippen LogP contribution in [-0.2, 0) is 0 Å². The van der Waals surface area contributed by atoms with Crippen LogP contribution < -0.4 is 5.56 Å². The maximum absolute atomic E-state index is 12.4. The Morgan fingerprint density at radius 2 is 1.64 bits per heavy atom. The third-order valence-corrected chi connectivity index (χ3v) is 4.00. The number of halogens is 1. The zero-order valence-electron chi connectivity index (χ0n) is 12.5. The van der Waals surface area contributed by atoms with Crippen molar-refractivity contribution in [1.82, 2.24) is 4.57 Å². The molecule has 0 atom stereocenters. The summed E-state index contributed by atoms with van der Waals surface area (Å²) in [4.78, 5) is 12.4. The van der Waals surface area contributed by atoms with E-state index in [0.29, 0.717) is 5.02 Å². The normalized spacial score (nSPS) is 10.7. The van der Waals surface area contributed by atoms with Crippen LogP contribution >= 0.6 is 11.6 Å². The highest BCUT2D eigenvalue weighted by molar-refractivity contribution is 6.30. The van der Waals surface area contributed by atoms with Gasteiger partial charge in [-0.2, -0.15) is 0 Å². The van der Waals surface area contributed by atoms with Crippen LogP contribution in [0.3, 0.4) is 0 Å². The standard InChI is InChI=1S/C19H16ClNO/c1-13-11-19(22)21(18-9-8-16(20)10-14(18)2)12-17(13)15-6-4-3-5-7-15/h3-12H,1-2H3. The van der Waals surface area contributed by atoms with Gasteiger partial charge in [-0.1, -0.05) is 41.9 Å². The first-order valence-corrected chi connectivity index (χ1v) is 7.49. The van der Waals surface area contributed by atoms with E-state index < -0.39 is 0 Å². The number of pyridine rings is 1. The molecule has 0 aliphatic rings. The molecule has 0 saturated carbocycles. The summed E-state index contributed by atoms with van der Waals surface area (Å²) in [6, 6.07) is 17.3. The SMILES string of the molecule is Cc1cc(=O)n(-c2ccc(Cl)cc2C)cc1-c1ccccc1. The average molecular weight is 310 g/mol. The van der Waals surface area contributed by atoms with Crippen LogP contribution in [0.25, 0.3) is 16.8 Å². The van der Waals surface area contributed by atoms with Crippen molar-refractivity contribution in [3.05, 3.63) is 87.3 Å². The Hall–Kier alpha value is -2.32. The molecule has 0 aliphatic carbocycles. The van der Waals surface area contributed by atoms with Gasteiger partial charge < -0.3 is 0 Å². The molecule has 1 aromatic heterocycles. The Bertz CT molecular complexity index is 882. The number of hydrogen-bond donors (Lipinski definition) is 0. The molecular weight excluding hydrogens is 294 g/mol. The minimum Gasteiger partial charge on any atom is -0.283 e. The fourth-order valence-electron chi connectivity index (χ4n) is 2.62. The maximum atomic E-state index is 12.4. The Labute approximate surface area is 134 Å². The summed E-state index contributed by atoms with van der Waals surface area (Å²) in [5.41, 5.74) is 4.90. The summed E-state index contributed by atoms with van der Waals surface area (Å²) < 4.78 is 1.68. The van der Waals surface area contributed by atoms with Gasteiger partial charge in [-0.25, -0.2) is 0 Å². The zero-order chi connectivity index (χ0) is 15.7. The minimum atomic E-state index is -0.0393. The van der Waals surface area contributed by atoms with Gasteiger partial charge in [0.05, 0.1) is 5.69 Å². The Balaban J connectivity index is 2.23. The topological polar surface area (TPSA) is 22.0 Å². The molecule has 22 heavy (non-hydrogen) atoms. The smallest absolute Gasteiger partial charge is 0.255 e. The highest BCUT2D eigenvalue weighted by Crippen LogP contribution is 2.24. The summed E-state index contributed by atoms with van der Waals surface area (Å²) in [5.74, 6) is 0. The molecule has 0 amide bonds. The van der Waals surface area contributed by atoms with Crippen LogP contribution in [0.2, 0.25) is 5.02 Å². The predicted octanol–water partition coefficient (Wildman–Crippen LogP) is 4.77. The van der Waals surface area contributed by atoms with Crippen molar-refractivity contribution in [2.45, 2.75) is 13.8 Å². The lowest BCUT2D eigenvalue weighted by Gasteiger charge is -2.13. The van der Waals surface area contributed by atoms with E-state index in [0.717, 1.165) is 27.9 Å². The van der Waals surface area contributed by atoms with Crippen molar-refractivity contribution < 1.29 is 0 Å². The second-order valence-corrected chi connectivity index (χ2v) is 5.81. The van der Waals surface area contributed by atoms with Crippen LogP contribution in [0, 0.1) is 13.8 Å². The van der Waals surface area contributed by atoms with Gasteiger partial charge in [-0.15, -0.1) is 0 Å². The van der Waals surface area contributed by atoms with E-state index in [4.69, 9.17) is 11.6 Å². The van der Waals surface area contributed by atoms with E-state index in [9.17, 15) is 4.79 Å². The maximum Gasteiger partial charge on any atom is 0.255 e. The summed E-state index contributed by atoms with van der Waals surface area (Å²) in [5, 5.41) is 0.671. The molecule has 0 N–H and O–H groups in total. The molecule has 0 unspecified atom stereocenters. The summed E-state index contributed by atoms with van der Waals surface area (Å²) in [7, 11) is 0. The Kier molecular flexibility index (Phi) is 3.86. The van der Waals surface area contributed by atoms with Gasteiger partial charge in [-0.3, -0.25) is 9.36 Å². The lowest BCUT2D eigenvalue weighted by atomic mass is 10.0.